The predicted molar refractivity (Wildman–Crippen MR) is 86.3 cm³/mol. The van der Waals surface area contributed by atoms with Gasteiger partial charge in [-0.2, -0.15) is 0 Å². The molecule has 1 atom stereocenters. The van der Waals surface area contributed by atoms with Gasteiger partial charge in [0.2, 0.25) is 0 Å². The largest absolute Gasteiger partial charge is 0.381 e. The Bertz CT molecular complexity index is 800. The van der Waals surface area contributed by atoms with E-state index in [4.69, 9.17) is 0 Å². The monoisotopic (exact) mass is 277 g/mol. The van der Waals surface area contributed by atoms with Gasteiger partial charge >= 0.3 is 0 Å². The molecule has 21 heavy (non-hydrogen) atoms. The second-order valence-electron chi connectivity index (χ2n) is 5.75. The van der Waals surface area contributed by atoms with Gasteiger partial charge in [-0.1, -0.05) is 36.4 Å². The van der Waals surface area contributed by atoms with Crippen LogP contribution in [0.4, 0.5) is 0 Å². The lowest BCUT2D eigenvalue weighted by molar-refractivity contribution is 0.104. The SMILES string of the molecule is Cc1ccc(C(C)(O)c2cccc3ncccc23)cc1C. The Morgan fingerprint density at radius 3 is 2.52 bits per heavy atom. The average Bonchev–Trinajstić information content (AvgIpc) is 2.49. The van der Waals surface area contributed by atoms with Crippen molar-refractivity contribution < 1.29 is 5.11 Å². The maximum atomic E-state index is 11.1. The fraction of sp³-hybridized carbons (Fsp3) is 0.211. The topological polar surface area (TPSA) is 33.1 Å². The summed E-state index contributed by atoms with van der Waals surface area (Å²) in [6.45, 7) is 5.99. The van der Waals surface area contributed by atoms with Crippen LogP contribution < -0.4 is 0 Å². The van der Waals surface area contributed by atoms with Crippen molar-refractivity contribution >= 4 is 10.9 Å². The molecule has 0 bridgehead atoms. The Kier molecular flexibility index (Phi) is 3.26. The molecule has 0 saturated carbocycles. The lowest BCUT2D eigenvalue weighted by Crippen LogP contribution is -2.23. The molecule has 0 aliphatic carbocycles. The molecule has 0 aliphatic rings. The van der Waals surface area contributed by atoms with Crippen LogP contribution >= 0.6 is 0 Å². The third-order valence-electron chi connectivity index (χ3n) is 4.24. The summed E-state index contributed by atoms with van der Waals surface area (Å²) < 4.78 is 0. The van der Waals surface area contributed by atoms with Crippen molar-refractivity contribution in [2.24, 2.45) is 0 Å². The molecule has 2 heteroatoms. The molecule has 3 aromatic rings. The van der Waals surface area contributed by atoms with Gasteiger partial charge in [-0.15, -0.1) is 0 Å². The first-order valence-electron chi connectivity index (χ1n) is 7.14. The predicted octanol–water partition coefficient (Wildman–Crippen LogP) is 4.11. The Morgan fingerprint density at radius 2 is 1.76 bits per heavy atom. The fourth-order valence-corrected chi connectivity index (χ4v) is 2.73. The van der Waals surface area contributed by atoms with Crippen molar-refractivity contribution in [2.45, 2.75) is 26.4 Å². The number of hydrogen-bond acceptors (Lipinski definition) is 2. The Balaban J connectivity index is 2.22. The van der Waals surface area contributed by atoms with Crippen molar-refractivity contribution in [3.63, 3.8) is 0 Å². The molecule has 0 amide bonds. The molecular formula is C19H19NO. The number of nitrogens with zero attached hydrogens (tertiary/aromatic N) is 1. The highest BCUT2D eigenvalue weighted by Crippen LogP contribution is 2.34. The fourth-order valence-electron chi connectivity index (χ4n) is 2.73. The van der Waals surface area contributed by atoms with Gasteiger partial charge in [0.05, 0.1) is 5.52 Å². The van der Waals surface area contributed by atoms with Crippen molar-refractivity contribution in [3.8, 4) is 0 Å². The van der Waals surface area contributed by atoms with Gasteiger partial charge in [-0.25, -0.2) is 0 Å². The molecular weight excluding hydrogens is 258 g/mol. The number of fused-ring (bicyclic) bond motifs is 1. The van der Waals surface area contributed by atoms with E-state index < -0.39 is 5.60 Å². The number of rotatable bonds is 2. The molecule has 0 saturated heterocycles. The van der Waals surface area contributed by atoms with E-state index in [2.05, 4.69) is 31.0 Å². The maximum Gasteiger partial charge on any atom is 0.112 e. The van der Waals surface area contributed by atoms with Crippen LogP contribution in [0.1, 0.15) is 29.2 Å². The van der Waals surface area contributed by atoms with Crippen LogP contribution in [-0.2, 0) is 5.60 Å². The number of pyridine rings is 1. The number of aromatic nitrogens is 1. The molecule has 0 radical (unpaired) electrons. The normalized spacial score (nSPS) is 14.1. The molecule has 0 spiro atoms. The van der Waals surface area contributed by atoms with E-state index in [1.54, 1.807) is 6.20 Å². The summed E-state index contributed by atoms with van der Waals surface area (Å²) in [4.78, 5) is 4.37. The van der Waals surface area contributed by atoms with Crippen LogP contribution in [-0.4, -0.2) is 10.1 Å². The van der Waals surface area contributed by atoms with Gasteiger partial charge in [-0.05, 0) is 55.2 Å². The third kappa shape index (κ3) is 2.32. The summed E-state index contributed by atoms with van der Waals surface area (Å²) in [5.41, 5.74) is 4.07. The van der Waals surface area contributed by atoms with Crippen LogP contribution in [0, 0.1) is 13.8 Å². The van der Waals surface area contributed by atoms with E-state index in [-0.39, 0.29) is 0 Å². The summed E-state index contributed by atoms with van der Waals surface area (Å²) in [7, 11) is 0. The average molecular weight is 277 g/mol. The maximum absolute atomic E-state index is 11.1. The molecule has 0 aliphatic heterocycles. The zero-order valence-corrected chi connectivity index (χ0v) is 12.6. The molecule has 1 unspecified atom stereocenters. The number of aryl methyl sites for hydroxylation is 2. The van der Waals surface area contributed by atoms with E-state index >= 15 is 0 Å². The van der Waals surface area contributed by atoms with Crippen molar-refractivity contribution in [2.75, 3.05) is 0 Å². The molecule has 0 fully saturated rings. The van der Waals surface area contributed by atoms with Crippen molar-refractivity contribution in [1.29, 1.82) is 0 Å². The second kappa shape index (κ2) is 4.97. The molecule has 106 valence electrons. The van der Waals surface area contributed by atoms with Gasteiger partial charge in [0.15, 0.2) is 0 Å². The van der Waals surface area contributed by atoms with Crippen molar-refractivity contribution in [1.82, 2.24) is 4.98 Å². The van der Waals surface area contributed by atoms with E-state index in [0.717, 1.165) is 22.0 Å². The minimum Gasteiger partial charge on any atom is -0.381 e. The highest BCUT2D eigenvalue weighted by atomic mass is 16.3. The standard InChI is InChI=1S/C19H19NO/c1-13-9-10-15(12-14(13)2)19(3,21)17-7-4-8-18-16(17)6-5-11-20-18/h4-12,21H,1-3H3. The summed E-state index contributed by atoms with van der Waals surface area (Å²) in [5.74, 6) is 0. The van der Waals surface area contributed by atoms with E-state index in [1.165, 1.54) is 11.1 Å². The molecule has 1 N–H and O–H groups in total. The van der Waals surface area contributed by atoms with E-state index in [9.17, 15) is 5.11 Å². The first-order valence-corrected chi connectivity index (χ1v) is 7.14. The van der Waals surface area contributed by atoms with Gasteiger partial charge in [0.25, 0.3) is 0 Å². The quantitative estimate of drug-likeness (QED) is 0.764. The zero-order chi connectivity index (χ0) is 15.0. The first-order chi connectivity index (χ1) is 10.00. The van der Waals surface area contributed by atoms with Gasteiger partial charge < -0.3 is 5.11 Å². The van der Waals surface area contributed by atoms with Gasteiger partial charge in [0, 0.05) is 11.6 Å². The van der Waals surface area contributed by atoms with Crippen LogP contribution in [0.3, 0.4) is 0 Å². The minimum atomic E-state index is -1.04. The number of aliphatic hydroxyl groups is 1. The Hall–Kier alpha value is -2.19. The summed E-state index contributed by atoms with van der Waals surface area (Å²) in [6.07, 6.45) is 1.77. The summed E-state index contributed by atoms with van der Waals surface area (Å²) in [5, 5.41) is 12.1. The lowest BCUT2D eigenvalue weighted by Gasteiger charge is -2.26. The molecule has 3 rings (SSSR count). The number of hydrogen-bond donors (Lipinski definition) is 1. The highest BCUT2D eigenvalue weighted by molar-refractivity contribution is 5.83. The van der Waals surface area contributed by atoms with Gasteiger partial charge in [-0.3, -0.25) is 4.98 Å². The molecule has 2 nitrogen and oxygen atoms in total. The zero-order valence-electron chi connectivity index (χ0n) is 12.6. The summed E-state index contributed by atoms with van der Waals surface area (Å²) >= 11 is 0. The second-order valence-corrected chi connectivity index (χ2v) is 5.75. The van der Waals surface area contributed by atoms with Crippen LogP contribution in [0.25, 0.3) is 10.9 Å². The highest BCUT2D eigenvalue weighted by Gasteiger charge is 2.27. The molecule has 1 aromatic heterocycles. The molecule has 1 heterocycles. The Labute approximate surface area is 125 Å². The van der Waals surface area contributed by atoms with Crippen molar-refractivity contribution in [3.05, 3.63) is 77.0 Å². The van der Waals surface area contributed by atoms with E-state index in [0.29, 0.717) is 0 Å². The van der Waals surface area contributed by atoms with Crippen LogP contribution in [0.15, 0.2) is 54.7 Å². The summed E-state index contributed by atoms with van der Waals surface area (Å²) in [6, 6.07) is 15.9. The third-order valence-corrected chi connectivity index (χ3v) is 4.24. The minimum absolute atomic E-state index is 0.886. The van der Waals surface area contributed by atoms with Crippen LogP contribution in [0.5, 0.6) is 0 Å². The van der Waals surface area contributed by atoms with Crippen LogP contribution in [0.2, 0.25) is 0 Å². The van der Waals surface area contributed by atoms with Gasteiger partial charge in [0.1, 0.15) is 5.60 Å². The Morgan fingerprint density at radius 1 is 0.952 bits per heavy atom. The lowest BCUT2D eigenvalue weighted by atomic mass is 9.85. The first kappa shape index (κ1) is 13.8. The number of benzene rings is 2. The smallest absolute Gasteiger partial charge is 0.112 e. The molecule has 2 aromatic carbocycles. The van der Waals surface area contributed by atoms with E-state index in [1.807, 2.05) is 43.3 Å².